The maximum absolute atomic E-state index is 12.9. The molecule has 4 heterocycles. The summed E-state index contributed by atoms with van der Waals surface area (Å²) in [5.74, 6) is 1.69. The molecule has 1 atom stereocenters. The zero-order chi connectivity index (χ0) is 22.0. The van der Waals surface area contributed by atoms with Gasteiger partial charge in [-0.15, -0.1) is 10.2 Å². The predicted octanol–water partition coefficient (Wildman–Crippen LogP) is 4.18. The van der Waals surface area contributed by atoms with Gasteiger partial charge in [0.05, 0.1) is 6.42 Å². The van der Waals surface area contributed by atoms with Crippen molar-refractivity contribution in [1.29, 1.82) is 0 Å². The Kier molecular flexibility index (Phi) is 6.46. The van der Waals surface area contributed by atoms with Crippen LogP contribution in [0, 0.1) is 5.41 Å². The number of likely N-dealkylation sites (tertiary alicyclic amines) is 2. The maximum atomic E-state index is 12.9. The van der Waals surface area contributed by atoms with E-state index >= 15 is 0 Å². The van der Waals surface area contributed by atoms with Crippen LogP contribution >= 0.6 is 11.3 Å². The first-order chi connectivity index (χ1) is 14.8. The molecule has 0 saturated carbocycles. The van der Waals surface area contributed by atoms with Gasteiger partial charge in [-0.2, -0.15) is 11.3 Å². The fourth-order valence-electron chi connectivity index (χ4n) is 4.51. The largest absolute Gasteiger partial charge is 0.423 e. The van der Waals surface area contributed by atoms with Crippen LogP contribution < -0.4 is 0 Å². The first kappa shape index (κ1) is 22.0. The van der Waals surface area contributed by atoms with Crippen LogP contribution in [0.2, 0.25) is 0 Å². The van der Waals surface area contributed by atoms with E-state index in [0.717, 1.165) is 44.2 Å². The van der Waals surface area contributed by atoms with Crippen molar-refractivity contribution < 1.29 is 14.0 Å². The fraction of sp³-hybridized carbons (Fsp3) is 0.652. The molecule has 8 heteroatoms. The summed E-state index contributed by atoms with van der Waals surface area (Å²) < 4.78 is 6.12. The van der Waals surface area contributed by atoms with E-state index in [1.165, 1.54) is 0 Å². The van der Waals surface area contributed by atoms with Gasteiger partial charge in [-0.05, 0) is 54.5 Å². The average molecular weight is 445 g/mol. The molecule has 0 N–H and O–H groups in total. The van der Waals surface area contributed by atoms with E-state index in [-0.39, 0.29) is 29.2 Å². The third kappa shape index (κ3) is 5.00. The van der Waals surface area contributed by atoms with Crippen molar-refractivity contribution in [2.75, 3.05) is 19.6 Å². The number of carbonyl (C=O) groups is 2. The van der Waals surface area contributed by atoms with Crippen LogP contribution in [0.5, 0.6) is 0 Å². The van der Waals surface area contributed by atoms with Crippen molar-refractivity contribution in [2.45, 2.75) is 71.3 Å². The van der Waals surface area contributed by atoms with Crippen molar-refractivity contribution >= 4 is 23.2 Å². The molecule has 2 saturated heterocycles. The Morgan fingerprint density at radius 1 is 1.10 bits per heavy atom. The third-order valence-electron chi connectivity index (χ3n) is 6.27. The highest BCUT2D eigenvalue weighted by atomic mass is 32.1. The lowest BCUT2D eigenvalue weighted by atomic mass is 9.91. The topological polar surface area (TPSA) is 79.5 Å². The standard InChI is InChI=1S/C23H32N4O3S/c1-23(2,3)22(29)26-11-7-17(8-12-26)20-24-25-21(30-20)18-6-4-5-10-27(18)19(28)14-16-9-13-31-15-16/h9,13,15,17-18H,4-8,10-12,14H2,1-3H3. The molecule has 0 bridgehead atoms. The second-order valence-corrected chi connectivity index (χ2v) is 10.5. The number of rotatable bonds is 4. The lowest BCUT2D eigenvalue weighted by Crippen LogP contribution is -2.43. The molecular weight excluding hydrogens is 412 g/mol. The molecule has 31 heavy (non-hydrogen) atoms. The quantitative estimate of drug-likeness (QED) is 0.707. The van der Waals surface area contributed by atoms with Gasteiger partial charge < -0.3 is 14.2 Å². The van der Waals surface area contributed by atoms with E-state index in [4.69, 9.17) is 4.42 Å². The smallest absolute Gasteiger partial charge is 0.238 e. The van der Waals surface area contributed by atoms with E-state index in [0.29, 0.717) is 31.3 Å². The Morgan fingerprint density at radius 2 is 1.84 bits per heavy atom. The van der Waals surface area contributed by atoms with Gasteiger partial charge >= 0.3 is 0 Å². The highest BCUT2D eigenvalue weighted by molar-refractivity contribution is 7.08. The molecule has 2 aliphatic rings. The van der Waals surface area contributed by atoms with Crippen molar-refractivity contribution in [3.8, 4) is 0 Å². The van der Waals surface area contributed by atoms with Gasteiger partial charge in [-0.25, -0.2) is 0 Å². The van der Waals surface area contributed by atoms with Crippen molar-refractivity contribution in [3.63, 3.8) is 0 Å². The van der Waals surface area contributed by atoms with E-state index in [1.807, 2.05) is 47.4 Å². The molecule has 4 rings (SSSR count). The van der Waals surface area contributed by atoms with Crippen LogP contribution in [0.15, 0.2) is 21.2 Å². The number of hydrogen-bond donors (Lipinski definition) is 0. The van der Waals surface area contributed by atoms with Crippen molar-refractivity contribution in [1.82, 2.24) is 20.0 Å². The highest BCUT2D eigenvalue weighted by Crippen LogP contribution is 2.34. The normalized spacial score (nSPS) is 20.8. The molecule has 0 aromatic carbocycles. The second kappa shape index (κ2) is 9.10. The lowest BCUT2D eigenvalue weighted by Gasteiger charge is -2.35. The Balaban J connectivity index is 1.40. The van der Waals surface area contributed by atoms with E-state index in [9.17, 15) is 9.59 Å². The van der Waals surface area contributed by atoms with Crippen molar-refractivity contribution in [3.05, 3.63) is 34.2 Å². The minimum absolute atomic E-state index is 0.122. The second-order valence-electron chi connectivity index (χ2n) is 9.70. The Morgan fingerprint density at radius 3 is 2.52 bits per heavy atom. The summed E-state index contributed by atoms with van der Waals surface area (Å²) in [6.45, 7) is 8.04. The monoisotopic (exact) mass is 444 g/mol. The van der Waals surface area contributed by atoms with Gasteiger partial charge in [0.1, 0.15) is 6.04 Å². The number of aromatic nitrogens is 2. The molecule has 1 unspecified atom stereocenters. The Labute approximate surface area is 187 Å². The number of hydrogen-bond acceptors (Lipinski definition) is 6. The third-order valence-corrected chi connectivity index (χ3v) is 7.00. The molecule has 2 aromatic rings. The molecular formula is C23H32N4O3S. The predicted molar refractivity (Wildman–Crippen MR) is 119 cm³/mol. The molecule has 2 aliphatic heterocycles. The first-order valence-corrected chi connectivity index (χ1v) is 12.2. The molecule has 2 aromatic heterocycles. The SMILES string of the molecule is CC(C)(C)C(=O)N1CCC(c2nnc(C3CCCCN3C(=O)Cc3ccsc3)o2)CC1. The minimum atomic E-state index is -0.357. The zero-order valence-corrected chi connectivity index (χ0v) is 19.5. The summed E-state index contributed by atoms with van der Waals surface area (Å²) >= 11 is 1.61. The molecule has 0 spiro atoms. The summed E-state index contributed by atoms with van der Waals surface area (Å²) in [7, 11) is 0. The van der Waals surface area contributed by atoms with Gasteiger partial charge in [0, 0.05) is 31.0 Å². The van der Waals surface area contributed by atoms with E-state index in [1.54, 1.807) is 11.3 Å². The summed E-state index contributed by atoms with van der Waals surface area (Å²) in [5, 5.41) is 12.7. The molecule has 168 valence electrons. The first-order valence-electron chi connectivity index (χ1n) is 11.3. The minimum Gasteiger partial charge on any atom is -0.423 e. The number of nitrogens with zero attached hydrogens (tertiary/aromatic N) is 4. The van der Waals surface area contributed by atoms with Gasteiger partial charge in [0.2, 0.25) is 23.6 Å². The van der Waals surface area contributed by atoms with Crippen molar-refractivity contribution in [2.24, 2.45) is 5.41 Å². The van der Waals surface area contributed by atoms with Crippen LogP contribution in [-0.4, -0.2) is 51.4 Å². The summed E-state index contributed by atoms with van der Waals surface area (Å²) in [6, 6.07) is 1.87. The van der Waals surface area contributed by atoms with Crippen LogP contribution in [0.1, 0.15) is 82.2 Å². The van der Waals surface area contributed by atoms with E-state index in [2.05, 4.69) is 10.2 Å². The van der Waals surface area contributed by atoms with Gasteiger partial charge in [-0.1, -0.05) is 20.8 Å². The van der Waals surface area contributed by atoms with Crippen LogP contribution in [0.25, 0.3) is 0 Å². The zero-order valence-electron chi connectivity index (χ0n) is 18.7. The average Bonchev–Trinajstić information content (AvgIpc) is 3.45. The van der Waals surface area contributed by atoms with E-state index < -0.39 is 0 Å². The maximum Gasteiger partial charge on any atom is 0.238 e. The summed E-state index contributed by atoms with van der Waals surface area (Å²) in [6.07, 6.45) is 4.99. The van der Waals surface area contributed by atoms with Crippen LogP contribution in [-0.2, 0) is 16.0 Å². The van der Waals surface area contributed by atoms with Gasteiger partial charge in [0.15, 0.2) is 0 Å². The molecule has 2 amide bonds. The Bertz CT molecular complexity index is 894. The molecule has 7 nitrogen and oxygen atoms in total. The van der Waals surface area contributed by atoms with Gasteiger partial charge in [0.25, 0.3) is 0 Å². The number of carbonyl (C=O) groups excluding carboxylic acids is 2. The highest BCUT2D eigenvalue weighted by Gasteiger charge is 2.35. The van der Waals surface area contributed by atoms with Gasteiger partial charge in [-0.3, -0.25) is 9.59 Å². The summed E-state index contributed by atoms with van der Waals surface area (Å²) in [4.78, 5) is 29.3. The molecule has 0 radical (unpaired) electrons. The lowest BCUT2D eigenvalue weighted by molar-refractivity contribution is -0.140. The molecule has 2 fully saturated rings. The Hall–Kier alpha value is -2.22. The summed E-state index contributed by atoms with van der Waals surface area (Å²) in [5.41, 5.74) is 0.701. The molecule has 0 aliphatic carbocycles. The number of amides is 2. The fourth-order valence-corrected chi connectivity index (χ4v) is 5.17. The van der Waals surface area contributed by atoms with Crippen LogP contribution in [0.4, 0.5) is 0 Å². The number of thiophene rings is 1. The van der Waals surface area contributed by atoms with Crippen LogP contribution in [0.3, 0.4) is 0 Å². The number of piperidine rings is 2.